The van der Waals surface area contributed by atoms with Crippen LogP contribution in [0.5, 0.6) is 0 Å². The number of nitrogens with zero attached hydrogens (tertiary/aromatic N) is 2. The molecule has 0 aromatic carbocycles. The van der Waals surface area contributed by atoms with E-state index in [1.165, 1.54) is 6.07 Å². The Hall–Kier alpha value is -1.69. The lowest BCUT2D eigenvalue weighted by Gasteiger charge is -2.29. The minimum absolute atomic E-state index is 0.0736. The Kier molecular flexibility index (Phi) is 4.31. The molecule has 1 aromatic heterocycles. The predicted molar refractivity (Wildman–Crippen MR) is 74.4 cm³/mol. The fourth-order valence-corrected chi connectivity index (χ4v) is 2.56. The second-order valence-corrected chi connectivity index (χ2v) is 5.04. The van der Waals surface area contributed by atoms with Crippen LogP contribution in [0, 0.1) is 17.0 Å². The molecule has 104 valence electrons. The lowest BCUT2D eigenvalue weighted by atomic mass is 9.91. The average molecular weight is 264 g/mol. The highest BCUT2D eigenvalue weighted by Crippen LogP contribution is 2.23. The molecule has 1 aliphatic rings. The Morgan fingerprint density at radius 2 is 1.89 bits per heavy atom. The molecular weight excluding hydrogens is 244 g/mol. The number of aromatic nitrogens is 1. The normalized spacial score (nSPS) is 23.1. The first-order valence-electron chi connectivity index (χ1n) is 6.66. The van der Waals surface area contributed by atoms with E-state index < -0.39 is 4.92 Å². The highest BCUT2D eigenvalue weighted by molar-refractivity contribution is 5.45. The molecule has 1 fully saturated rings. The number of hydrogen-bond donors (Lipinski definition) is 2. The molecule has 0 amide bonds. The van der Waals surface area contributed by atoms with E-state index >= 15 is 0 Å². The van der Waals surface area contributed by atoms with E-state index in [9.17, 15) is 10.1 Å². The molecule has 6 heteroatoms. The van der Waals surface area contributed by atoms with Gasteiger partial charge >= 0.3 is 0 Å². The summed E-state index contributed by atoms with van der Waals surface area (Å²) in [6.07, 6.45) is 4.51. The predicted octanol–water partition coefficient (Wildman–Crippen LogP) is 2.24. The quantitative estimate of drug-likeness (QED) is 0.644. The second-order valence-electron chi connectivity index (χ2n) is 5.04. The van der Waals surface area contributed by atoms with Gasteiger partial charge in [0.1, 0.15) is 11.5 Å². The van der Waals surface area contributed by atoms with Crippen LogP contribution in [0.25, 0.3) is 0 Å². The van der Waals surface area contributed by atoms with Gasteiger partial charge in [-0.3, -0.25) is 10.1 Å². The number of nitro groups is 1. The minimum atomic E-state index is -0.399. The maximum Gasteiger partial charge on any atom is 0.290 e. The lowest BCUT2D eigenvalue weighted by Crippen LogP contribution is -2.35. The maximum absolute atomic E-state index is 10.7. The van der Waals surface area contributed by atoms with Crippen molar-refractivity contribution in [1.29, 1.82) is 0 Å². The van der Waals surface area contributed by atoms with Crippen LogP contribution in [-0.2, 0) is 0 Å². The average Bonchev–Trinajstić information content (AvgIpc) is 2.39. The van der Waals surface area contributed by atoms with Crippen LogP contribution < -0.4 is 10.6 Å². The third-order valence-electron chi connectivity index (χ3n) is 3.74. The highest BCUT2D eigenvalue weighted by atomic mass is 16.6. The SMILES string of the molecule is CNC1CCC(Nc2ccc([N+](=O)[O-])c(C)n2)CC1. The van der Waals surface area contributed by atoms with Gasteiger partial charge in [-0.15, -0.1) is 0 Å². The summed E-state index contributed by atoms with van der Waals surface area (Å²) in [7, 11) is 2.00. The summed E-state index contributed by atoms with van der Waals surface area (Å²) in [6, 6.07) is 4.24. The highest BCUT2D eigenvalue weighted by Gasteiger charge is 2.20. The zero-order chi connectivity index (χ0) is 13.8. The largest absolute Gasteiger partial charge is 0.367 e. The van der Waals surface area contributed by atoms with Crippen molar-refractivity contribution in [3.63, 3.8) is 0 Å². The Labute approximate surface area is 112 Å². The Morgan fingerprint density at radius 1 is 1.26 bits per heavy atom. The topological polar surface area (TPSA) is 80.1 Å². The van der Waals surface area contributed by atoms with Gasteiger partial charge < -0.3 is 10.6 Å². The van der Waals surface area contributed by atoms with Crippen LogP contribution in [0.3, 0.4) is 0 Å². The monoisotopic (exact) mass is 264 g/mol. The molecule has 0 spiro atoms. The van der Waals surface area contributed by atoms with E-state index in [1.54, 1.807) is 13.0 Å². The lowest BCUT2D eigenvalue weighted by molar-refractivity contribution is -0.385. The van der Waals surface area contributed by atoms with E-state index in [4.69, 9.17) is 0 Å². The van der Waals surface area contributed by atoms with Crippen molar-refractivity contribution in [2.45, 2.75) is 44.7 Å². The Balaban J connectivity index is 1.97. The summed E-state index contributed by atoms with van der Waals surface area (Å²) in [4.78, 5) is 14.6. The van der Waals surface area contributed by atoms with Crippen LogP contribution in [0.15, 0.2) is 12.1 Å². The van der Waals surface area contributed by atoms with Crippen LogP contribution in [-0.4, -0.2) is 29.0 Å². The Morgan fingerprint density at radius 3 is 2.42 bits per heavy atom. The summed E-state index contributed by atoms with van der Waals surface area (Å²) >= 11 is 0. The van der Waals surface area contributed by atoms with Crippen molar-refractivity contribution >= 4 is 11.5 Å². The summed E-state index contributed by atoms with van der Waals surface area (Å²) in [5.74, 6) is 0.732. The molecule has 1 aromatic rings. The number of aryl methyl sites for hydroxylation is 1. The number of anilines is 1. The van der Waals surface area contributed by atoms with E-state index in [-0.39, 0.29) is 5.69 Å². The molecule has 0 radical (unpaired) electrons. The van der Waals surface area contributed by atoms with E-state index in [0.717, 1.165) is 31.5 Å². The first kappa shape index (κ1) is 13.7. The number of pyridine rings is 1. The molecule has 6 nitrogen and oxygen atoms in total. The number of nitrogens with one attached hydrogen (secondary N) is 2. The Bertz CT molecular complexity index is 456. The van der Waals surface area contributed by atoms with E-state index in [2.05, 4.69) is 15.6 Å². The van der Waals surface area contributed by atoms with Gasteiger partial charge in [-0.05, 0) is 45.7 Å². The van der Waals surface area contributed by atoms with Gasteiger partial charge in [0.15, 0.2) is 0 Å². The van der Waals surface area contributed by atoms with Gasteiger partial charge in [0.2, 0.25) is 0 Å². The third-order valence-corrected chi connectivity index (χ3v) is 3.74. The summed E-state index contributed by atoms with van der Waals surface area (Å²) < 4.78 is 0. The zero-order valence-corrected chi connectivity index (χ0v) is 11.3. The molecular formula is C13H20N4O2. The van der Waals surface area contributed by atoms with Gasteiger partial charge in [0, 0.05) is 18.2 Å². The van der Waals surface area contributed by atoms with Crippen molar-refractivity contribution in [3.8, 4) is 0 Å². The fourth-order valence-electron chi connectivity index (χ4n) is 2.56. The summed E-state index contributed by atoms with van der Waals surface area (Å²) in [5.41, 5.74) is 0.531. The van der Waals surface area contributed by atoms with Crippen LogP contribution in [0.2, 0.25) is 0 Å². The standard InChI is InChI=1S/C13H20N4O2/c1-9-12(17(18)19)7-8-13(15-9)16-11-5-3-10(14-2)4-6-11/h7-8,10-11,14H,3-6H2,1-2H3,(H,15,16). The summed E-state index contributed by atoms with van der Waals surface area (Å²) in [5, 5.41) is 17.4. The maximum atomic E-state index is 10.7. The third kappa shape index (κ3) is 3.41. The molecule has 0 atom stereocenters. The molecule has 2 N–H and O–H groups in total. The first-order chi connectivity index (χ1) is 9.10. The van der Waals surface area contributed by atoms with Crippen molar-refractivity contribution in [2.24, 2.45) is 0 Å². The van der Waals surface area contributed by atoms with Crippen molar-refractivity contribution in [3.05, 3.63) is 27.9 Å². The molecule has 0 aliphatic heterocycles. The molecule has 0 bridgehead atoms. The van der Waals surface area contributed by atoms with Gasteiger partial charge in [0.25, 0.3) is 5.69 Å². The van der Waals surface area contributed by atoms with Crippen LogP contribution in [0.1, 0.15) is 31.4 Å². The van der Waals surface area contributed by atoms with Crippen LogP contribution >= 0.6 is 0 Å². The van der Waals surface area contributed by atoms with E-state index in [1.807, 2.05) is 7.05 Å². The van der Waals surface area contributed by atoms with Crippen molar-refractivity contribution in [1.82, 2.24) is 10.3 Å². The van der Waals surface area contributed by atoms with Gasteiger partial charge in [-0.25, -0.2) is 4.98 Å². The molecule has 1 aliphatic carbocycles. The van der Waals surface area contributed by atoms with Crippen molar-refractivity contribution < 1.29 is 4.92 Å². The molecule has 1 saturated carbocycles. The molecule has 1 heterocycles. The van der Waals surface area contributed by atoms with Crippen LogP contribution in [0.4, 0.5) is 11.5 Å². The zero-order valence-electron chi connectivity index (χ0n) is 11.3. The fraction of sp³-hybridized carbons (Fsp3) is 0.615. The van der Waals surface area contributed by atoms with Crippen molar-refractivity contribution in [2.75, 3.05) is 12.4 Å². The first-order valence-corrected chi connectivity index (χ1v) is 6.66. The molecule has 2 rings (SSSR count). The van der Waals surface area contributed by atoms with Gasteiger partial charge in [0.05, 0.1) is 4.92 Å². The smallest absolute Gasteiger partial charge is 0.290 e. The number of hydrogen-bond acceptors (Lipinski definition) is 5. The number of rotatable bonds is 4. The molecule has 0 saturated heterocycles. The van der Waals surface area contributed by atoms with Gasteiger partial charge in [-0.1, -0.05) is 0 Å². The second kappa shape index (κ2) is 5.97. The minimum Gasteiger partial charge on any atom is -0.367 e. The summed E-state index contributed by atoms with van der Waals surface area (Å²) in [6.45, 7) is 1.67. The molecule has 0 unspecified atom stereocenters. The molecule has 19 heavy (non-hydrogen) atoms. The van der Waals surface area contributed by atoms with E-state index in [0.29, 0.717) is 17.8 Å². The van der Waals surface area contributed by atoms with Gasteiger partial charge in [-0.2, -0.15) is 0 Å².